The molecule has 0 aliphatic carbocycles. The lowest BCUT2D eigenvalue weighted by Gasteiger charge is -2.08. The Hall–Kier alpha value is -5.02. The number of carbonyl (C=O) groups is 2. The van der Waals surface area contributed by atoms with Crippen LogP contribution >= 0.6 is 11.6 Å². The number of nitrogens with one attached hydrogen (secondary N) is 1. The van der Waals surface area contributed by atoms with Crippen LogP contribution in [0.25, 0.3) is 33.5 Å². The molecule has 0 atom stereocenters. The molecule has 5 rings (SSSR count). The summed E-state index contributed by atoms with van der Waals surface area (Å²) in [5.74, 6) is -1.24. The van der Waals surface area contributed by atoms with Gasteiger partial charge in [-0.05, 0) is 42.5 Å². The Morgan fingerprint density at radius 2 is 1.73 bits per heavy atom. The number of benzene rings is 3. The Labute approximate surface area is 214 Å². The van der Waals surface area contributed by atoms with Gasteiger partial charge in [-0.1, -0.05) is 41.9 Å². The number of pyridine rings is 1. The van der Waals surface area contributed by atoms with Crippen LogP contribution in [0.2, 0.25) is 5.02 Å². The second kappa shape index (κ2) is 9.56. The summed E-state index contributed by atoms with van der Waals surface area (Å²) < 4.78 is 5.62. The number of amides is 1. The van der Waals surface area contributed by atoms with Gasteiger partial charge in [-0.15, -0.1) is 0 Å². The summed E-state index contributed by atoms with van der Waals surface area (Å²) in [5, 5.41) is 23.9. The van der Waals surface area contributed by atoms with E-state index < -0.39 is 16.8 Å². The summed E-state index contributed by atoms with van der Waals surface area (Å²) in [6.07, 6.45) is 0. The number of aromatic nitrogens is 1. The number of fused-ring (bicyclic) bond motifs is 1. The number of non-ortho nitro benzene ring substituents is 1. The van der Waals surface area contributed by atoms with E-state index in [0.717, 1.165) is 0 Å². The van der Waals surface area contributed by atoms with Gasteiger partial charge in [-0.2, -0.15) is 0 Å². The summed E-state index contributed by atoms with van der Waals surface area (Å²) in [6.45, 7) is 0. The highest BCUT2D eigenvalue weighted by molar-refractivity contribution is 6.33. The van der Waals surface area contributed by atoms with Crippen LogP contribution in [0.5, 0.6) is 0 Å². The van der Waals surface area contributed by atoms with Crippen LogP contribution in [0.15, 0.2) is 89.3 Å². The Bertz CT molecular complexity index is 1690. The van der Waals surface area contributed by atoms with Gasteiger partial charge in [0.2, 0.25) is 0 Å². The molecule has 37 heavy (non-hydrogen) atoms. The van der Waals surface area contributed by atoms with Crippen molar-refractivity contribution in [2.45, 2.75) is 0 Å². The highest BCUT2D eigenvalue weighted by Crippen LogP contribution is 2.32. The van der Waals surface area contributed by atoms with Gasteiger partial charge in [0.1, 0.15) is 5.76 Å². The molecule has 5 aromatic rings. The zero-order valence-corrected chi connectivity index (χ0v) is 19.6. The second-order valence-corrected chi connectivity index (χ2v) is 8.40. The molecule has 2 N–H and O–H groups in total. The van der Waals surface area contributed by atoms with Gasteiger partial charge in [0.25, 0.3) is 11.6 Å². The number of aromatic carboxylic acids is 1. The van der Waals surface area contributed by atoms with E-state index in [9.17, 15) is 24.8 Å². The standard InChI is InChI=1S/C27H16ClN3O6/c28-21-13-17(31(35)36)9-10-19(21)24-11-12-25(37-24)26(32)29-16-7-5-15(6-8-16)23-14-20(27(33)34)18-3-1-2-4-22(18)30-23/h1-14H,(H,29,32)(H,33,34). The molecule has 10 heteroatoms. The highest BCUT2D eigenvalue weighted by atomic mass is 35.5. The van der Waals surface area contributed by atoms with Crippen molar-refractivity contribution in [1.29, 1.82) is 0 Å². The van der Waals surface area contributed by atoms with Crippen LogP contribution in [0, 0.1) is 10.1 Å². The van der Waals surface area contributed by atoms with E-state index in [2.05, 4.69) is 10.3 Å². The zero-order chi connectivity index (χ0) is 26.1. The van der Waals surface area contributed by atoms with Crippen LogP contribution in [-0.2, 0) is 0 Å². The number of furan rings is 1. The summed E-state index contributed by atoms with van der Waals surface area (Å²) in [7, 11) is 0. The molecule has 0 saturated heterocycles. The minimum absolute atomic E-state index is 0.0239. The van der Waals surface area contributed by atoms with E-state index in [1.54, 1.807) is 54.6 Å². The van der Waals surface area contributed by atoms with Crippen molar-refractivity contribution in [3.05, 3.63) is 111 Å². The van der Waals surface area contributed by atoms with E-state index in [0.29, 0.717) is 33.4 Å². The van der Waals surface area contributed by atoms with Crippen molar-refractivity contribution in [2.24, 2.45) is 0 Å². The first kappa shape index (κ1) is 23.7. The van der Waals surface area contributed by atoms with Gasteiger partial charge < -0.3 is 14.8 Å². The molecule has 0 aliphatic heterocycles. The van der Waals surface area contributed by atoms with E-state index in [4.69, 9.17) is 16.0 Å². The Morgan fingerprint density at radius 1 is 0.973 bits per heavy atom. The molecule has 1 amide bonds. The van der Waals surface area contributed by atoms with Gasteiger partial charge in [-0.3, -0.25) is 14.9 Å². The maximum absolute atomic E-state index is 12.7. The van der Waals surface area contributed by atoms with E-state index in [1.165, 1.54) is 30.3 Å². The molecule has 2 aromatic heterocycles. The summed E-state index contributed by atoms with van der Waals surface area (Å²) in [5.41, 5.74) is 2.64. The fourth-order valence-electron chi connectivity index (χ4n) is 3.84. The molecule has 0 saturated carbocycles. The first-order valence-corrected chi connectivity index (χ1v) is 11.3. The first-order valence-electron chi connectivity index (χ1n) is 10.9. The smallest absolute Gasteiger partial charge is 0.336 e. The van der Waals surface area contributed by atoms with Gasteiger partial charge in [0, 0.05) is 34.3 Å². The van der Waals surface area contributed by atoms with Crippen LogP contribution in [-0.4, -0.2) is 26.9 Å². The lowest BCUT2D eigenvalue weighted by atomic mass is 10.0. The quantitative estimate of drug-likeness (QED) is 0.191. The third kappa shape index (κ3) is 4.75. The molecule has 9 nitrogen and oxygen atoms in total. The molecule has 2 heterocycles. The molecule has 3 aromatic carbocycles. The number of hydrogen-bond acceptors (Lipinski definition) is 6. The monoisotopic (exact) mass is 513 g/mol. The van der Waals surface area contributed by atoms with Crippen molar-refractivity contribution in [3.63, 3.8) is 0 Å². The van der Waals surface area contributed by atoms with Crippen LogP contribution in [0.4, 0.5) is 11.4 Å². The van der Waals surface area contributed by atoms with Gasteiger partial charge in [-0.25, -0.2) is 9.78 Å². The first-order chi connectivity index (χ1) is 17.8. The number of hydrogen-bond donors (Lipinski definition) is 2. The van der Waals surface area contributed by atoms with Crippen LogP contribution in [0.1, 0.15) is 20.9 Å². The van der Waals surface area contributed by atoms with Crippen molar-refractivity contribution in [1.82, 2.24) is 4.98 Å². The average Bonchev–Trinajstić information content (AvgIpc) is 3.38. The fraction of sp³-hybridized carbons (Fsp3) is 0. The van der Waals surface area contributed by atoms with Crippen molar-refractivity contribution >= 4 is 45.8 Å². The lowest BCUT2D eigenvalue weighted by molar-refractivity contribution is -0.384. The largest absolute Gasteiger partial charge is 0.478 e. The van der Waals surface area contributed by atoms with Gasteiger partial charge in [0.15, 0.2) is 5.76 Å². The number of halogens is 1. The minimum atomic E-state index is -1.04. The van der Waals surface area contributed by atoms with Crippen molar-refractivity contribution < 1.29 is 24.0 Å². The Balaban J connectivity index is 1.35. The number of carboxylic acid groups (broad SMARTS) is 1. The van der Waals surface area contributed by atoms with Crippen molar-refractivity contribution in [2.75, 3.05) is 5.32 Å². The number of nitro groups is 1. The zero-order valence-electron chi connectivity index (χ0n) is 18.8. The predicted molar refractivity (Wildman–Crippen MR) is 138 cm³/mol. The summed E-state index contributed by atoms with van der Waals surface area (Å²) >= 11 is 6.15. The number of carbonyl (C=O) groups excluding carboxylic acids is 1. The normalized spacial score (nSPS) is 10.8. The van der Waals surface area contributed by atoms with Gasteiger partial charge in [0.05, 0.1) is 26.7 Å². The number of nitro benzene ring substituents is 1. The third-order valence-corrected chi connectivity index (χ3v) is 5.96. The topological polar surface area (TPSA) is 136 Å². The Kier molecular flexibility index (Phi) is 6.12. The maximum atomic E-state index is 12.7. The molecule has 0 unspecified atom stereocenters. The molecule has 182 valence electrons. The molecule has 0 fully saturated rings. The summed E-state index contributed by atoms with van der Waals surface area (Å²) in [6, 6.07) is 22.3. The Morgan fingerprint density at radius 3 is 2.43 bits per heavy atom. The van der Waals surface area contributed by atoms with Crippen LogP contribution < -0.4 is 5.32 Å². The van der Waals surface area contributed by atoms with Crippen LogP contribution in [0.3, 0.4) is 0 Å². The third-order valence-electron chi connectivity index (χ3n) is 5.64. The maximum Gasteiger partial charge on any atom is 0.336 e. The molecular formula is C27H16ClN3O6. The number of carboxylic acids is 1. The van der Waals surface area contributed by atoms with Crippen molar-refractivity contribution in [3.8, 4) is 22.6 Å². The number of para-hydroxylation sites is 1. The van der Waals surface area contributed by atoms with Gasteiger partial charge >= 0.3 is 5.97 Å². The molecule has 0 spiro atoms. The minimum Gasteiger partial charge on any atom is -0.478 e. The lowest BCUT2D eigenvalue weighted by Crippen LogP contribution is -2.10. The highest BCUT2D eigenvalue weighted by Gasteiger charge is 2.17. The molecule has 0 bridgehead atoms. The van der Waals surface area contributed by atoms with E-state index in [-0.39, 0.29) is 27.8 Å². The molecular weight excluding hydrogens is 498 g/mol. The summed E-state index contributed by atoms with van der Waals surface area (Å²) in [4.78, 5) is 39.4. The van der Waals surface area contributed by atoms with E-state index >= 15 is 0 Å². The number of rotatable bonds is 6. The average molecular weight is 514 g/mol. The number of anilines is 1. The van der Waals surface area contributed by atoms with E-state index in [1.807, 2.05) is 0 Å². The number of nitrogens with zero attached hydrogens (tertiary/aromatic N) is 2. The SMILES string of the molecule is O=C(Nc1ccc(-c2cc(C(=O)O)c3ccccc3n2)cc1)c1ccc(-c2ccc([N+](=O)[O-])cc2Cl)o1. The predicted octanol–water partition coefficient (Wildman–Crippen LogP) is 6.67. The fourth-order valence-corrected chi connectivity index (χ4v) is 4.11. The molecule has 0 aliphatic rings. The second-order valence-electron chi connectivity index (χ2n) is 7.99. The molecule has 0 radical (unpaired) electrons.